The van der Waals surface area contributed by atoms with Gasteiger partial charge in [-0.2, -0.15) is 5.10 Å². The molecule has 2 heterocycles. The van der Waals surface area contributed by atoms with Gasteiger partial charge in [0.25, 0.3) is 0 Å². The van der Waals surface area contributed by atoms with Crippen molar-refractivity contribution in [3.05, 3.63) is 52.4 Å². The monoisotopic (exact) mass is 466 g/mol. The van der Waals surface area contributed by atoms with Gasteiger partial charge in [-0.15, -0.1) is 0 Å². The number of halogens is 3. The minimum absolute atomic E-state index is 0.0904. The summed E-state index contributed by atoms with van der Waals surface area (Å²) >= 11 is 3.41. The van der Waals surface area contributed by atoms with Crippen LogP contribution in [-0.2, 0) is 17.7 Å². The van der Waals surface area contributed by atoms with Crippen molar-refractivity contribution < 1.29 is 18.3 Å². The van der Waals surface area contributed by atoms with E-state index in [4.69, 9.17) is 4.74 Å². The molecule has 0 bridgehead atoms. The van der Waals surface area contributed by atoms with Crippen LogP contribution in [0.5, 0.6) is 0 Å². The van der Waals surface area contributed by atoms with E-state index in [2.05, 4.69) is 31.3 Å². The molecule has 3 aromatic rings. The molecule has 154 valence electrons. The van der Waals surface area contributed by atoms with Gasteiger partial charge in [0, 0.05) is 29.2 Å². The molecule has 0 atom stereocenters. The first-order valence-corrected chi connectivity index (χ1v) is 9.78. The predicted octanol–water partition coefficient (Wildman–Crippen LogP) is 4.99. The third-order valence-corrected chi connectivity index (χ3v) is 4.48. The van der Waals surface area contributed by atoms with Crippen LogP contribution in [0.3, 0.4) is 0 Å². The zero-order valence-corrected chi connectivity index (χ0v) is 17.8. The van der Waals surface area contributed by atoms with E-state index in [1.165, 1.54) is 6.33 Å². The number of nitrogens with one attached hydrogen (secondary N) is 1. The van der Waals surface area contributed by atoms with Gasteiger partial charge in [0.2, 0.25) is 6.43 Å². The number of hydrogen-bond acceptors (Lipinski definition) is 4. The lowest BCUT2D eigenvalue weighted by atomic mass is 9.99. The summed E-state index contributed by atoms with van der Waals surface area (Å²) in [5.41, 5.74) is 2.48. The van der Waals surface area contributed by atoms with Gasteiger partial charge >= 0.3 is 6.09 Å². The molecule has 6 nitrogen and oxygen atoms in total. The van der Waals surface area contributed by atoms with Gasteiger partial charge in [0.15, 0.2) is 0 Å². The molecule has 0 aliphatic heterocycles. The largest absolute Gasteiger partial charge is 0.444 e. The second-order valence-corrected chi connectivity index (χ2v) is 8.45. The molecule has 2 aromatic heterocycles. The third-order valence-electron chi connectivity index (χ3n) is 4.05. The highest BCUT2D eigenvalue weighted by Crippen LogP contribution is 2.28. The smallest absolute Gasteiger partial charge is 0.407 e. The molecule has 0 saturated carbocycles. The van der Waals surface area contributed by atoms with Crippen molar-refractivity contribution in [2.75, 3.05) is 0 Å². The van der Waals surface area contributed by atoms with Crippen LogP contribution in [0.1, 0.15) is 31.9 Å². The fourth-order valence-corrected chi connectivity index (χ4v) is 3.31. The Bertz CT molecular complexity index is 1030. The molecule has 0 fully saturated rings. The second kappa shape index (κ2) is 8.44. The van der Waals surface area contributed by atoms with Gasteiger partial charge in [0.1, 0.15) is 11.9 Å². The van der Waals surface area contributed by atoms with E-state index in [0.717, 1.165) is 9.99 Å². The highest BCUT2D eigenvalue weighted by atomic mass is 79.9. The van der Waals surface area contributed by atoms with Gasteiger partial charge in [-0.05, 0) is 60.0 Å². The van der Waals surface area contributed by atoms with Crippen LogP contribution < -0.4 is 5.32 Å². The first kappa shape index (κ1) is 21.2. The van der Waals surface area contributed by atoms with Gasteiger partial charge in [-0.25, -0.2) is 23.1 Å². The summed E-state index contributed by atoms with van der Waals surface area (Å²) in [6.45, 7) is 5.36. The highest BCUT2D eigenvalue weighted by molar-refractivity contribution is 9.10. The Balaban J connectivity index is 1.90. The summed E-state index contributed by atoms with van der Waals surface area (Å²) in [4.78, 5) is 16.2. The number of benzene rings is 1. The Morgan fingerprint density at radius 1 is 1.28 bits per heavy atom. The number of rotatable bonds is 5. The molecule has 0 aliphatic rings. The van der Waals surface area contributed by atoms with Crippen LogP contribution in [0, 0.1) is 0 Å². The summed E-state index contributed by atoms with van der Waals surface area (Å²) in [5.74, 6) is 0. The zero-order chi connectivity index (χ0) is 21.2. The normalized spacial score (nSPS) is 11.8. The van der Waals surface area contributed by atoms with Gasteiger partial charge in [0.05, 0.1) is 11.2 Å². The fourth-order valence-electron chi connectivity index (χ4n) is 2.90. The van der Waals surface area contributed by atoms with E-state index < -0.39 is 24.5 Å². The molecule has 1 amide bonds. The van der Waals surface area contributed by atoms with Gasteiger partial charge in [-0.3, -0.25) is 0 Å². The van der Waals surface area contributed by atoms with Crippen molar-refractivity contribution >= 4 is 27.5 Å². The van der Waals surface area contributed by atoms with E-state index in [1.54, 1.807) is 49.7 Å². The molecular weight excluding hydrogens is 446 g/mol. The first-order chi connectivity index (χ1) is 13.6. The number of nitrogens with zero attached hydrogens (tertiary/aromatic N) is 3. The maximum atomic E-state index is 13.2. The minimum Gasteiger partial charge on any atom is -0.444 e. The number of carbonyl (C=O) groups excluding carboxylic acids is 1. The van der Waals surface area contributed by atoms with E-state index in [1.807, 2.05) is 6.07 Å². The summed E-state index contributed by atoms with van der Waals surface area (Å²) < 4.78 is 34.0. The van der Waals surface area contributed by atoms with Crippen LogP contribution >= 0.6 is 15.9 Å². The Kier molecular flexibility index (Phi) is 6.16. The summed E-state index contributed by atoms with van der Waals surface area (Å²) in [6.07, 6.45) is -0.330. The maximum Gasteiger partial charge on any atom is 0.407 e. The minimum atomic E-state index is -2.52. The van der Waals surface area contributed by atoms with Crippen LogP contribution in [0.2, 0.25) is 0 Å². The molecule has 9 heteroatoms. The number of ether oxygens (including phenoxy) is 1. The SMILES string of the molecule is CC(C)(C)OC(=O)NCc1ccc(-c2ncnn3cc(Br)cc23)cc1CC(F)F. The van der Waals surface area contributed by atoms with Crippen LogP contribution in [-0.4, -0.2) is 32.7 Å². The molecule has 29 heavy (non-hydrogen) atoms. The third kappa shape index (κ3) is 5.50. The summed E-state index contributed by atoms with van der Waals surface area (Å²) in [7, 11) is 0. The Morgan fingerprint density at radius 3 is 2.72 bits per heavy atom. The van der Waals surface area contributed by atoms with Crippen molar-refractivity contribution in [1.82, 2.24) is 19.9 Å². The maximum absolute atomic E-state index is 13.2. The topological polar surface area (TPSA) is 68.5 Å². The lowest BCUT2D eigenvalue weighted by Gasteiger charge is -2.20. The first-order valence-electron chi connectivity index (χ1n) is 8.98. The van der Waals surface area contributed by atoms with Crippen LogP contribution in [0.4, 0.5) is 13.6 Å². The number of aromatic nitrogens is 3. The predicted molar refractivity (Wildman–Crippen MR) is 109 cm³/mol. The quantitative estimate of drug-likeness (QED) is 0.574. The van der Waals surface area contributed by atoms with Gasteiger partial charge < -0.3 is 10.1 Å². The van der Waals surface area contributed by atoms with Crippen molar-refractivity contribution in [2.45, 2.75) is 45.8 Å². The van der Waals surface area contributed by atoms with Crippen LogP contribution in [0.15, 0.2) is 41.3 Å². The average Bonchev–Trinajstić information content (AvgIpc) is 2.98. The Morgan fingerprint density at radius 2 is 2.03 bits per heavy atom. The molecule has 1 aromatic carbocycles. The average molecular weight is 467 g/mol. The number of amides is 1. The summed E-state index contributed by atoms with van der Waals surface area (Å²) in [6, 6.07) is 7.06. The van der Waals surface area contributed by atoms with Gasteiger partial charge in [-0.1, -0.05) is 12.1 Å². The number of alkyl halides is 2. The lowest BCUT2D eigenvalue weighted by molar-refractivity contribution is 0.0523. The van der Waals surface area contributed by atoms with E-state index >= 15 is 0 Å². The van der Waals surface area contributed by atoms with Crippen LogP contribution in [0.25, 0.3) is 16.8 Å². The Labute approximate surface area is 175 Å². The van der Waals surface area contributed by atoms with Crippen molar-refractivity contribution in [3.63, 3.8) is 0 Å². The number of fused-ring (bicyclic) bond motifs is 1. The van der Waals surface area contributed by atoms with Crippen molar-refractivity contribution in [3.8, 4) is 11.3 Å². The molecule has 0 radical (unpaired) electrons. The molecule has 0 aliphatic carbocycles. The zero-order valence-electron chi connectivity index (χ0n) is 16.2. The van der Waals surface area contributed by atoms with E-state index in [0.29, 0.717) is 22.4 Å². The molecule has 0 unspecified atom stereocenters. The van der Waals surface area contributed by atoms with E-state index in [-0.39, 0.29) is 6.54 Å². The molecule has 3 rings (SSSR count). The lowest BCUT2D eigenvalue weighted by Crippen LogP contribution is -2.32. The van der Waals surface area contributed by atoms with Crippen molar-refractivity contribution in [1.29, 1.82) is 0 Å². The van der Waals surface area contributed by atoms with E-state index in [9.17, 15) is 13.6 Å². The molecule has 0 spiro atoms. The number of hydrogen-bond donors (Lipinski definition) is 1. The molecule has 0 saturated heterocycles. The molecular formula is C20H21BrF2N4O2. The second-order valence-electron chi connectivity index (χ2n) is 7.53. The van der Waals surface area contributed by atoms with Crippen molar-refractivity contribution in [2.24, 2.45) is 0 Å². The Hall–Kier alpha value is -2.55. The number of carbonyl (C=O) groups is 1. The standard InChI is InChI=1S/C20H21BrF2N4O2/c1-20(2,3)29-19(28)24-9-13-5-4-12(6-14(13)7-17(22)23)18-16-8-15(21)10-27(16)26-11-25-18/h4-6,8,10-11,17H,7,9H2,1-3H3,(H,24,28). The highest BCUT2D eigenvalue weighted by Gasteiger charge is 2.18. The molecule has 1 N–H and O–H groups in total. The summed E-state index contributed by atoms with van der Waals surface area (Å²) in [5, 5.41) is 6.77. The fraction of sp³-hybridized carbons (Fsp3) is 0.350. The number of alkyl carbamates (subject to hydrolysis) is 1.